The molecule has 1 aliphatic heterocycles. The normalized spacial score (nSPS) is 17.0. The van der Waals surface area contributed by atoms with Gasteiger partial charge in [-0.1, -0.05) is 28.1 Å². The van der Waals surface area contributed by atoms with Crippen molar-refractivity contribution < 1.29 is 9.53 Å². The summed E-state index contributed by atoms with van der Waals surface area (Å²) >= 11 is 3.40. The minimum atomic E-state index is -0.173. The minimum Gasteiger partial charge on any atom is -0.363 e. The highest BCUT2D eigenvalue weighted by Crippen LogP contribution is 2.14. The Morgan fingerprint density at radius 1 is 1.56 bits per heavy atom. The lowest BCUT2D eigenvalue weighted by molar-refractivity contribution is -0.136. The van der Waals surface area contributed by atoms with E-state index in [0.717, 1.165) is 23.1 Å². The number of carbonyl (C=O) groups excluding carboxylic acids is 1. The van der Waals surface area contributed by atoms with Crippen LogP contribution in [-0.4, -0.2) is 31.2 Å². The van der Waals surface area contributed by atoms with Crippen molar-refractivity contribution in [1.29, 1.82) is 0 Å². The average molecular weight is 313 g/mol. The fourth-order valence-electron chi connectivity index (χ4n) is 1.72. The van der Waals surface area contributed by atoms with E-state index < -0.39 is 0 Å². The number of hydrogen-bond acceptors (Lipinski definition) is 3. The first kappa shape index (κ1) is 13.5. The lowest BCUT2D eigenvalue weighted by Gasteiger charge is -2.38. The molecule has 1 heterocycles. The lowest BCUT2D eigenvalue weighted by Crippen LogP contribution is -2.59. The van der Waals surface area contributed by atoms with Gasteiger partial charge < -0.3 is 15.4 Å². The number of carbonyl (C=O) groups is 1. The summed E-state index contributed by atoms with van der Waals surface area (Å²) in [4.78, 5) is 11.6. The van der Waals surface area contributed by atoms with Gasteiger partial charge >= 0.3 is 0 Å². The third-order valence-electron chi connectivity index (χ3n) is 2.93. The summed E-state index contributed by atoms with van der Waals surface area (Å²) in [5, 5.41) is 5.97. The molecule has 98 valence electrons. The van der Waals surface area contributed by atoms with Crippen molar-refractivity contribution in [1.82, 2.24) is 10.6 Å². The molecule has 0 aromatic heterocycles. The second kappa shape index (κ2) is 5.82. The SMILES string of the molecule is CC1(OCC(=O)NCc2cccc(Br)c2)CNC1. The molecule has 0 bridgehead atoms. The molecule has 0 aliphatic carbocycles. The molecular weight excluding hydrogens is 296 g/mol. The standard InChI is InChI=1S/C13H17BrN2O2/c1-13(8-15-9-13)18-7-12(17)16-6-10-3-2-4-11(14)5-10/h2-5,15H,6-9H2,1H3,(H,16,17). The van der Waals surface area contributed by atoms with Gasteiger partial charge in [-0.2, -0.15) is 0 Å². The van der Waals surface area contributed by atoms with Crippen LogP contribution in [0.5, 0.6) is 0 Å². The van der Waals surface area contributed by atoms with E-state index in [1.807, 2.05) is 31.2 Å². The molecule has 5 heteroatoms. The van der Waals surface area contributed by atoms with Crippen molar-refractivity contribution in [3.05, 3.63) is 34.3 Å². The molecule has 1 aromatic rings. The van der Waals surface area contributed by atoms with E-state index in [-0.39, 0.29) is 18.1 Å². The van der Waals surface area contributed by atoms with Gasteiger partial charge in [-0.05, 0) is 24.6 Å². The largest absolute Gasteiger partial charge is 0.363 e. The van der Waals surface area contributed by atoms with Gasteiger partial charge in [-0.3, -0.25) is 4.79 Å². The van der Waals surface area contributed by atoms with Crippen LogP contribution in [0.15, 0.2) is 28.7 Å². The van der Waals surface area contributed by atoms with Crippen molar-refractivity contribution >= 4 is 21.8 Å². The summed E-state index contributed by atoms with van der Waals surface area (Å²) in [6, 6.07) is 7.86. The van der Waals surface area contributed by atoms with E-state index in [2.05, 4.69) is 26.6 Å². The van der Waals surface area contributed by atoms with Gasteiger partial charge in [-0.25, -0.2) is 0 Å². The van der Waals surface area contributed by atoms with Crippen molar-refractivity contribution in [2.45, 2.75) is 19.1 Å². The number of rotatable bonds is 5. The molecule has 0 unspecified atom stereocenters. The molecule has 2 N–H and O–H groups in total. The molecule has 1 fully saturated rings. The zero-order valence-electron chi connectivity index (χ0n) is 10.3. The highest BCUT2D eigenvalue weighted by molar-refractivity contribution is 9.10. The number of ether oxygens (including phenoxy) is 1. The fourth-order valence-corrected chi connectivity index (χ4v) is 2.16. The summed E-state index contributed by atoms with van der Waals surface area (Å²) < 4.78 is 6.57. The molecule has 18 heavy (non-hydrogen) atoms. The molecule has 1 aromatic carbocycles. The van der Waals surface area contributed by atoms with Crippen molar-refractivity contribution in [2.24, 2.45) is 0 Å². The average Bonchev–Trinajstić information content (AvgIpc) is 2.31. The molecule has 0 atom stereocenters. The predicted molar refractivity (Wildman–Crippen MR) is 73.2 cm³/mol. The summed E-state index contributed by atoms with van der Waals surface area (Å²) in [6.07, 6.45) is 0. The number of benzene rings is 1. The third kappa shape index (κ3) is 3.80. The van der Waals surface area contributed by atoms with Gasteiger partial charge in [0, 0.05) is 24.1 Å². The Morgan fingerprint density at radius 3 is 2.94 bits per heavy atom. The van der Waals surface area contributed by atoms with Gasteiger partial charge in [0.15, 0.2) is 0 Å². The van der Waals surface area contributed by atoms with Gasteiger partial charge in [0.1, 0.15) is 6.61 Å². The van der Waals surface area contributed by atoms with Crippen LogP contribution >= 0.6 is 15.9 Å². The quantitative estimate of drug-likeness (QED) is 0.865. The topological polar surface area (TPSA) is 50.4 Å². The van der Waals surface area contributed by atoms with Crippen LogP contribution in [0.4, 0.5) is 0 Å². The Kier molecular flexibility index (Phi) is 4.37. The summed E-state index contributed by atoms with van der Waals surface area (Å²) in [5.41, 5.74) is 0.891. The Bertz CT molecular complexity index is 433. The Morgan fingerprint density at radius 2 is 2.33 bits per heavy atom. The summed E-state index contributed by atoms with van der Waals surface area (Å²) in [6.45, 7) is 4.27. The lowest BCUT2D eigenvalue weighted by atomic mass is 10.0. The summed E-state index contributed by atoms with van der Waals surface area (Å²) in [7, 11) is 0. The highest BCUT2D eigenvalue weighted by Gasteiger charge is 2.32. The zero-order valence-corrected chi connectivity index (χ0v) is 11.9. The van der Waals surface area contributed by atoms with E-state index in [9.17, 15) is 4.79 Å². The molecule has 1 aliphatic rings. The van der Waals surface area contributed by atoms with Gasteiger partial charge in [-0.15, -0.1) is 0 Å². The molecule has 0 radical (unpaired) electrons. The monoisotopic (exact) mass is 312 g/mol. The second-order valence-electron chi connectivity index (χ2n) is 4.75. The predicted octanol–water partition coefficient (Wildman–Crippen LogP) is 1.44. The van der Waals surface area contributed by atoms with Gasteiger partial charge in [0.25, 0.3) is 0 Å². The molecule has 0 saturated carbocycles. The second-order valence-corrected chi connectivity index (χ2v) is 5.66. The van der Waals surface area contributed by atoms with E-state index in [1.54, 1.807) is 0 Å². The fraction of sp³-hybridized carbons (Fsp3) is 0.462. The number of hydrogen-bond donors (Lipinski definition) is 2. The first-order valence-corrected chi connectivity index (χ1v) is 6.73. The third-order valence-corrected chi connectivity index (χ3v) is 3.42. The molecular formula is C13H17BrN2O2. The van der Waals surface area contributed by atoms with E-state index in [1.165, 1.54) is 0 Å². The van der Waals surface area contributed by atoms with Crippen LogP contribution < -0.4 is 10.6 Å². The molecule has 4 nitrogen and oxygen atoms in total. The van der Waals surface area contributed by atoms with Crippen LogP contribution in [0.3, 0.4) is 0 Å². The summed E-state index contributed by atoms with van der Waals surface area (Å²) in [5.74, 6) is -0.0805. The maximum Gasteiger partial charge on any atom is 0.246 e. The van der Waals surface area contributed by atoms with Crippen LogP contribution in [0.1, 0.15) is 12.5 Å². The van der Waals surface area contributed by atoms with Crippen LogP contribution in [0.2, 0.25) is 0 Å². The Hall–Kier alpha value is -0.910. The van der Waals surface area contributed by atoms with Crippen molar-refractivity contribution in [3.8, 4) is 0 Å². The van der Waals surface area contributed by atoms with Crippen LogP contribution in [0, 0.1) is 0 Å². The van der Waals surface area contributed by atoms with E-state index in [4.69, 9.17) is 4.74 Å². The smallest absolute Gasteiger partial charge is 0.246 e. The number of amides is 1. The molecule has 2 rings (SSSR count). The zero-order chi connectivity index (χ0) is 13.0. The van der Waals surface area contributed by atoms with Crippen LogP contribution in [-0.2, 0) is 16.1 Å². The number of nitrogens with one attached hydrogen (secondary N) is 2. The van der Waals surface area contributed by atoms with Gasteiger partial charge in [0.05, 0.1) is 5.60 Å². The van der Waals surface area contributed by atoms with Crippen molar-refractivity contribution in [2.75, 3.05) is 19.7 Å². The Labute approximate surface area is 115 Å². The van der Waals surface area contributed by atoms with E-state index >= 15 is 0 Å². The first-order chi connectivity index (χ1) is 8.57. The highest BCUT2D eigenvalue weighted by atomic mass is 79.9. The van der Waals surface area contributed by atoms with Gasteiger partial charge in [0.2, 0.25) is 5.91 Å². The molecule has 1 saturated heterocycles. The van der Waals surface area contributed by atoms with Crippen LogP contribution in [0.25, 0.3) is 0 Å². The maximum absolute atomic E-state index is 11.6. The Balaban J connectivity index is 1.71. The first-order valence-electron chi connectivity index (χ1n) is 5.93. The van der Waals surface area contributed by atoms with Crippen molar-refractivity contribution in [3.63, 3.8) is 0 Å². The van der Waals surface area contributed by atoms with E-state index in [0.29, 0.717) is 6.54 Å². The minimum absolute atomic E-state index is 0.0805. The maximum atomic E-state index is 11.6. The molecule has 1 amide bonds. The molecule has 0 spiro atoms. The number of halogens is 1.